The maximum absolute atomic E-state index is 13.2. The second-order valence-electron chi connectivity index (χ2n) is 8.09. The Hall–Kier alpha value is -5.12. The zero-order chi connectivity index (χ0) is 27.2. The van der Waals surface area contributed by atoms with Gasteiger partial charge in [0, 0.05) is 0 Å². The number of imide groups is 2. The van der Waals surface area contributed by atoms with Gasteiger partial charge in [0.15, 0.2) is 11.5 Å². The van der Waals surface area contributed by atoms with E-state index in [0.29, 0.717) is 35.0 Å². The van der Waals surface area contributed by atoms with Crippen molar-refractivity contribution < 1.29 is 38.5 Å². The quantitative estimate of drug-likeness (QED) is 0.322. The molecule has 1 aliphatic heterocycles. The molecule has 1 heterocycles. The molecule has 0 bridgehead atoms. The Bertz CT molecular complexity index is 1430. The van der Waals surface area contributed by atoms with Crippen LogP contribution in [0.4, 0.5) is 10.5 Å². The molecule has 194 valence electrons. The first-order chi connectivity index (χ1) is 18.3. The monoisotopic (exact) mass is 516 g/mol. The van der Waals surface area contributed by atoms with Gasteiger partial charge in [-0.3, -0.25) is 14.9 Å². The van der Waals surface area contributed by atoms with Crippen LogP contribution in [0, 0.1) is 0 Å². The third-order valence-corrected chi connectivity index (χ3v) is 5.57. The zero-order valence-corrected chi connectivity index (χ0v) is 20.6. The number of urea groups is 1. The van der Waals surface area contributed by atoms with Crippen LogP contribution in [0.2, 0.25) is 0 Å². The fourth-order valence-electron chi connectivity index (χ4n) is 3.77. The van der Waals surface area contributed by atoms with Crippen molar-refractivity contribution in [3.8, 4) is 17.2 Å². The largest absolute Gasteiger partial charge is 0.494 e. The summed E-state index contributed by atoms with van der Waals surface area (Å²) in [7, 11) is 1.44. The summed E-state index contributed by atoms with van der Waals surface area (Å²) in [4.78, 5) is 50.2. The van der Waals surface area contributed by atoms with Crippen molar-refractivity contribution in [1.82, 2.24) is 5.32 Å². The fourth-order valence-corrected chi connectivity index (χ4v) is 3.77. The molecule has 4 amide bonds. The number of aromatic carboxylic acids is 1. The molecule has 0 saturated carbocycles. The number of anilines is 1. The summed E-state index contributed by atoms with van der Waals surface area (Å²) < 4.78 is 16.6. The van der Waals surface area contributed by atoms with Crippen LogP contribution in [0.25, 0.3) is 6.08 Å². The molecule has 10 nitrogen and oxygen atoms in total. The minimum atomic E-state index is -1.04. The number of nitrogens with zero attached hydrogens (tertiary/aromatic N) is 1. The molecule has 0 spiro atoms. The Kier molecular flexibility index (Phi) is 7.72. The molecule has 1 saturated heterocycles. The average Bonchev–Trinajstić information content (AvgIpc) is 2.91. The number of rotatable bonds is 9. The summed E-state index contributed by atoms with van der Waals surface area (Å²) in [6, 6.07) is 16.7. The maximum Gasteiger partial charge on any atom is 0.335 e. The van der Waals surface area contributed by atoms with Gasteiger partial charge >= 0.3 is 12.0 Å². The average molecular weight is 517 g/mol. The number of methoxy groups -OCH3 is 1. The lowest BCUT2D eigenvalue weighted by atomic mass is 10.1. The molecule has 0 aliphatic carbocycles. The van der Waals surface area contributed by atoms with E-state index < -0.39 is 23.8 Å². The van der Waals surface area contributed by atoms with Crippen molar-refractivity contribution in [2.45, 2.75) is 13.5 Å². The van der Waals surface area contributed by atoms with E-state index in [1.54, 1.807) is 54.6 Å². The molecule has 3 aromatic carbocycles. The van der Waals surface area contributed by atoms with E-state index in [1.165, 1.54) is 25.3 Å². The van der Waals surface area contributed by atoms with Crippen LogP contribution in [0.1, 0.15) is 28.4 Å². The maximum atomic E-state index is 13.2. The third-order valence-electron chi connectivity index (χ3n) is 5.57. The normalized spacial score (nSPS) is 14.3. The Labute approximate surface area is 218 Å². The van der Waals surface area contributed by atoms with Gasteiger partial charge in [0.25, 0.3) is 11.8 Å². The molecule has 38 heavy (non-hydrogen) atoms. The molecule has 1 fully saturated rings. The summed E-state index contributed by atoms with van der Waals surface area (Å²) in [6.45, 7) is 2.40. The Morgan fingerprint density at radius 1 is 0.974 bits per heavy atom. The summed E-state index contributed by atoms with van der Waals surface area (Å²) in [5.74, 6) is -1.35. The second kappa shape index (κ2) is 11.3. The molecule has 0 unspecified atom stereocenters. The van der Waals surface area contributed by atoms with Crippen molar-refractivity contribution in [3.05, 3.63) is 89.0 Å². The molecule has 3 aromatic rings. The molecule has 1 aliphatic rings. The number of barbiturate groups is 1. The molecule has 4 rings (SSSR count). The standard InChI is InChI=1S/C28H24N2O8/c1-3-37-21-10-8-20(9-11-21)30-26(32)22(25(31)29-28(30)35)14-17-7-12-23(24(15-17)36-2)38-16-18-5-4-6-19(13-18)27(33)34/h4-15H,3,16H2,1-2H3,(H,33,34)(H,29,31,35)/b22-14+. The second-order valence-corrected chi connectivity index (χ2v) is 8.09. The molecule has 2 N–H and O–H groups in total. The van der Waals surface area contributed by atoms with Crippen molar-refractivity contribution in [3.63, 3.8) is 0 Å². The highest BCUT2D eigenvalue weighted by Gasteiger charge is 2.36. The van der Waals surface area contributed by atoms with Gasteiger partial charge in [-0.2, -0.15) is 0 Å². The van der Waals surface area contributed by atoms with Gasteiger partial charge in [-0.25, -0.2) is 14.5 Å². The summed E-state index contributed by atoms with van der Waals surface area (Å²) in [5, 5.41) is 11.3. The van der Waals surface area contributed by atoms with Crippen LogP contribution in [-0.2, 0) is 16.2 Å². The first kappa shape index (κ1) is 26.0. The van der Waals surface area contributed by atoms with Gasteiger partial charge in [-0.1, -0.05) is 18.2 Å². The molecule has 0 aromatic heterocycles. The predicted octanol–water partition coefficient (Wildman–Crippen LogP) is 4.04. The summed E-state index contributed by atoms with van der Waals surface area (Å²) in [6.07, 6.45) is 1.36. The molecular weight excluding hydrogens is 492 g/mol. The van der Waals surface area contributed by atoms with Gasteiger partial charge in [0.1, 0.15) is 17.9 Å². The number of carbonyl (C=O) groups excluding carboxylic acids is 3. The first-order valence-corrected chi connectivity index (χ1v) is 11.6. The van der Waals surface area contributed by atoms with Crippen molar-refractivity contribution in [2.75, 3.05) is 18.6 Å². The number of carboxylic acid groups (broad SMARTS) is 1. The summed E-state index contributed by atoms with van der Waals surface area (Å²) in [5.41, 5.74) is 1.30. The topological polar surface area (TPSA) is 131 Å². The van der Waals surface area contributed by atoms with E-state index in [1.807, 2.05) is 6.92 Å². The summed E-state index contributed by atoms with van der Waals surface area (Å²) >= 11 is 0. The first-order valence-electron chi connectivity index (χ1n) is 11.6. The smallest absolute Gasteiger partial charge is 0.335 e. The molecule has 0 radical (unpaired) electrons. The number of nitrogens with one attached hydrogen (secondary N) is 1. The van der Waals surface area contributed by atoms with Crippen LogP contribution in [0.3, 0.4) is 0 Å². The molecule has 0 atom stereocenters. The number of benzene rings is 3. The SMILES string of the molecule is CCOc1ccc(N2C(=O)NC(=O)/C(=C\c3ccc(OCc4cccc(C(=O)O)c4)c(OC)c3)C2=O)cc1. The van der Waals surface area contributed by atoms with Gasteiger partial charge in [0.2, 0.25) is 0 Å². The van der Waals surface area contributed by atoms with Crippen LogP contribution in [-0.4, -0.2) is 42.6 Å². The van der Waals surface area contributed by atoms with E-state index in [-0.39, 0.29) is 23.4 Å². The lowest BCUT2D eigenvalue weighted by Crippen LogP contribution is -2.54. The van der Waals surface area contributed by atoms with Gasteiger partial charge in [0.05, 0.1) is 25.0 Å². The highest BCUT2D eigenvalue weighted by molar-refractivity contribution is 6.39. The lowest BCUT2D eigenvalue weighted by molar-refractivity contribution is -0.122. The fraction of sp³-hybridized carbons (Fsp3) is 0.143. The van der Waals surface area contributed by atoms with Crippen molar-refractivity contribution >= 4 is 35.6 Å². The number of carbonyl (C=O) groups is 4. The van der Waals surface area contributed by atoms with E-state index in [0.717, 1.165) is 4.90 Å². The van der Waals surface area contributed by atoms with E-state index in [4.69, 9.17) is 19.3 Å². The highest BCUT2D eigenvalue weighted by atomic mass is 16.5. The van der Waals surface area contributed by atoms with Crippen molar-refractivity contribution in [2.24, 2.45) is 0 Å². The van der Waals surface area contributed by atoms with Crippen LogP contribution in [0.5, 0.6) is 17.2 Å². The van der Waals surface area contributed by atoms with Gasteiger partial charge in [-0.05, 0) is 72.7 Å². The predicted molar refractivity (Wildman–Crippen MR) is 137 cm³/mol. The van der Waals surface area contributed by atoms with E-state index >= 15 is 0 Å². The number of hydrogen-bond acceptors (Lipinski definition) is 7. The molecular formula is C28H24N2O8. The van der Waals surface area contributed by atoms with Crippen LogP contribution in [0.15, 0.2) is 72.3 Å². The third kappa shape index (κ3) is 5.65. The van der Waals surface area contributed by atoms with Crippen LogP contribution < -0.4 is 24.4 Å². The number of ether oxygens (including phenoxy) is 3. The van der Waals surface area contributed by atoms with Crippen LogP contribution >= 0.6 is 0 Å². The number of carboxylic acids is 1. The van der Waals surface area contributed by atoms with Gasteiger partial charge < -0.3 is 19.3 Å². The van der Waals surface area contributed by atoms with Crippen molar-refractivity contribution in [1.29, 1.82) is 0 Å². The van der Waals surface area contributed by atoms with E-state index in [9.17, 15) is 19.2 Å². The molecule has 10 heteroatoms. The van der Waals surface area contributed by atoms with E-state index in [2.05, 4.69) is 5.32 Å². The Morgan fingerprint density at radius 2 is 1.74 bits per heavy atom. The minimum Gasteiger partial charge on any atom is -0.494 e. The zero-order valence-electron chi connectivity index (χ0n) is 20.6. The Morgan fingerprint density at radius 3 is 2.42 bits per heavy atom. The number of amides is 4. The lowest BCUT2D eigenvalue weighted by Gasteiger charge is -2.26. The minimum absolute atomic E-state index is 0.0952. The number of hydrogen-bond donors (Lipinski definition) is 2. The Balaban J connectivity index is 1.56. The van der Waals surface area contributed by atoms with Gasteiger partial charge in [-0.15, -0.1) is 0 Å². The highest BCUT2D eigenvalue weighted by Crippen LogP contribution is 2.31.